The summed E-state index contributed by atoms with van der Waals surface area (Å²) >= 11 is 0. The standard InChI is InChI=1S/C12H22N2O4.C8H18N2O2.C7H14N2O2/c1-6-7-17-10(15)13-8-9(2)14-11(16)18-12(3,4)5;1-6(5-9)10-7(11)12-8(2,3)4;1-3-4-11-7(10)9-5-6(2)8/h6,9H,1,7-8H2,2-5H3,(H,13,15)(H,14,16);6H,5,9H2,1-4H3,(H,10,11);3,6H,1,4-5,8H2,2H3,(H,9,10). The average molecular weight is 591 g/mol. The van der Waals surface area contributed by atoms with E-state index >= 15 is 0 Å². The van der Waals surface area contributed by atoms with Crippen molar-refractivity contribution in [3.63, 3.8) is 0 Å². The van der Waals surface area contributed by atoms with Crippen LogP contribution in [0.5, 0.6) is 0 Å². The van der Waals surface area contributed by atoms with Crippen molar-refractivity contribution in [2.75, 3.05) is 32.8 Å². The van der Waals surface area contributed by atoms with Gasteiger partial charge in [0.25, 0.3) is 0 Å². The maximum atomic E-state index is 11.4. The number of hydrogen-bond acceptors (Lipinski definition) is 10. The molecule has 0 heterocycles. The molecule has 14 heteroatoms. The van der Waals surface area contributed by atoms with Crippen LogP contribution in [-0.4, -0.2) is 86.5 Å². The fraction of sp³-hybridized carbons (Fsp3) is 0.704. The van der Waals surface area contributed by atoms with Crippen molar-refractivity contribution in [2.45, 2.75) is 91.6 Å². The number of carbonyl (C=O) groups excluding carboxylic acids is 4. The number of nitrogens with one attached hydrogen (secondary N) is 4. The van der Waals surface area contributed by atoms with Crippen molar-refractivity contribution in [1.82, 2.24) is 21.3 Å². The fourth-order valence-electron chi connectivity index (χ4n) is 1.98. The van der Waals surface area contributed by atoms with Gasteiger partial charge in [-0.05, 0) is 62.3 Å². The van der Waals surface area contributed by atoms with E-state index < -0.39 is 35.6 Å². The van der Waals surface area contributed by atoms with Gasteiger partial charge in [-0.2, -0.15) is 0 Å². The first-order valence-electron chi connectivity index (χ1n) is 13.2. The minimum atomic E-state index is -0.548. The molecule has 0 rings (SSSR count). The lowest BCUT2D eigenvalue weighted by Gasteiger charge is -2.22. The van der Waals surface area contributed by atoms with E-state index in [1.807, 2.05) is 27.7 Å². The summed E-state index contributed by atoms with van der Waals surface area (Å²) in [5.74, 6) is 0. The number of carbonyl (C=O) groups is 4. The molecule has 0 saturated heterocycles. The maximum absolute atomic E-state index is 11.4. The number of rotatable bonds is 11. The molecule has 14 nitrogen and oxygen atoms in total. The molecule has 0 aliphatic rings. The van der Waals surface area contributed by atoms with Crippen LogP contribution in [0.25, 0.3) is 0 Å². The third-order valence-electron chi connectivity index (χ3n) is 3.67. The zero-order valence-electron chi connectivity index (χ0n) is 26.3. The summed E-state index contributed by atoms with van der Waals surface area (Å²) in [5.41, 5.74) is 9.71. The predicted octanol–water partition coefficient (Wildman–Crippen LogP) is 2.92. The van der Waals surface area contributed by atoms with E-state index in [0.717, 1.165) is 0 Å². The molecule has 3 unspecified atom stereocenters. The highest BCUT2D eigenvalue weighted by Gasteiger charge is 2.18. The number of ether oxygens (including phenoxy) is 4. The Morgan fingerprint density at radius 1 is 0.707 bits per heavy atom. The van der Waals surface area contributed by atoms with Gasteiger partial charge in [-0.3, -0.25) is 0 Å². The van der Waals surface area contributed by atoms with Gasteiger partial charge < -0.3 is 51.7 Å². The quantitative estimate of drug-likeness (QED) is 0.153. The third kappa shape index (κ3) is 36.5. The van der Waals surface area contributed by atoms with Crippen molar-refractivity contribution >= 4 is 24.4 Å². The third-order valence-corrected chi connectivity index (χ3v) is 3.67. The second-order valence-corrected chi connectivity index (χ2v) is 10.8. The zero-order valence-corrected chi connectivity index (χ0v) is 26.3. The van der Waals surface area contributed by atoms with E-state index in [0.29, 0.717) is 13.1 Å². The van der Waals surface area contributed by atoms with Crippen LogP contribution >= 0.6 is 0 Å². The second-order valence-electron chi connectivity index (χ2n) is 10.8. The van der Waals surface area contributed by atoms with Gasteiger partial charge in [0.2, 0.25) is 0 Å². The van der Waals surface area contributed by atoms with E-state index in [-0.39, 0.29) is 37.9 Å². The van der Waals surface area contributed by atoms with E-state index in [4.69, 9.17) is 25.7 Å². The van der Waals surface area contributed by atoms with Crippen LogP contribution in [0.15, 0.2) is 25.3 Å². The summed E-state index contributed by atoms with van der Waals surface area (Å²) in [5, 5.41) is 10.2. The minimum absolute atomic E-state index is 0.0418. The molecule has 0 bridgehead atoms. The maximum Gasteiger partial charge on any atom is 0.407 e. The highest BCUT2D eigenvalue weighted by molar-refractivity contribution is 5.69. The van der Waals surface area contributed by atoms with Gasteiger partial charge in [0.05, 0.1) is 0 Å². The summed E-state index contributed by atoms with van der Waals surface area (Å²) in [6.07, 6.45) is 1.04. The van der Waals surface area contributed by atoms with Gasteiger partial charge in [-0.1, -0.05) is 25.3 Å². The molecule has 0 aromatic rings. The Bertz CT molecular complexity index is 779. The van der Waals surface area contributed by atoms with E-state index in [2.05, 4.69) is 39.2 Å². The highest BCUT2D eigenvalue weighted by Crippen LogP contribution is 2.07. The molecule has 4 amide bonds. The summed E-state index contributed by atoms with van der Waals surface area (Å²) in [6, 6.07) is -0.345. The van der Waals surface area contributed by atoms with Crippen LogP contribution in [0, 0.1) is 0 Å². The molecule has 0 aromatic carbocycles. The van der Waals surface area contributed by atoms with E-state index in [1.54, 1.807) is 34.6 Å². The molecule has 240 valence electrons. The summed E-state index contributed by atoms with van der Waals surface area (Å²) in [4.78, 5) is 44.2. The van der Waals surface area contributed by atoms with Crippen molar-refractivity contribution in [2.24, 2.45) is 11.5 Å². The van der Waals surface area contributed by atoms with Crippen LogP contribution < -0.4 is 32.7 Å². The molecule has 0 aromatic heterocycles. The molecule has 0 aliphatic heterocycles. The number of hydrogen-bond donors (Lipinski definition) is 6. The Morgan fingerprint density at radius 2 is 1.07 bits per heavy atom. The Balaban J connectivity index is -0.000000552. The lowest BCUT2D eigenvalue weighted by molar-refractivity contribution is 0.0497. The lowest BCUT2D eigenvalue weighted by Crippen LogP contribution is -2.44. The van der Waals surface area contributed by atoms with Gasteiger partial charge in [-0.25, -0.2) is 19.2 Å². The van der Waals surface area contributed by atoms with Crippen LogP contribution in [-0.2, 0) is 18.9 Å². The zero-order chi connectivity index (χ0) is 32.6. The topological polar surface area (TPSA) is 205 Å². The van der Waals surface area contributed by atoms with Gasteiger partial charge in [0.15, 0.2) is 0 Å². The van der Waals surface area contributed by atoms with Crippen molar-refractivity contribution < 1.29 is 38.1 Å². The Morgan fingerprint density at radius 3 is 1.39 bits per heavy atom. The fourth-order valence-corrected chi connectivity index (χ4v) is 1.98. The average Bonchev–Trinajstić information content (AvgIpc) is 2.81. The van der Waals surface area contributed by atoms with Crippen molar-refractivity contribution in [3.05, 3.63) is 25.3 Å². The first-order chi connectivity index (χ1) is 18.8. The Hall–Kier alpha value is -3.52. The smallest absolute Gasteiger partial charge is 0.407 e. The first-order valence-corrected chi connectivity index (χ1v) is 13.2. The Kier molecular flexibility index (Phi) is 23.8. The molecule has 0 aliphatic carbocycles. The number of alkyl carbamates (subject to hydrolysis) is 4. The van der Waals surface area contributed by atoms with Gasteiger partial charge >= 0.3 is 24.4 Å². The Labute approximate surface area is 245 Å². The van der Waals surface area contributed by atoms with E-state index in [9.17, 15) is 19.2 Å². The molecule has 0 radical (unpaired) electrons. The molecule has 0 spiro atoms. The SMILES string of the molecule is C=CCOC(=O)NCC(C)N.C=CCOC(=O)NCC(C)NC(=O)OC(C)(C)C.CC(CN)NC(=O)OC(C)(C)C. The highest BCUT2D eigenvalue weighted by atomic mass is 16.6. The molecule has 8 N–H and O–H groups in total. The first kappa shape index (κ1) is 42.0. The normalized spacial score (nSPS) is 12.6. The lowest BCUT2D eigenvalue weighted by atomic mass is 10.2. The second kappa shape index (κ2) is 23.2. The molecule has 3 atom stereocenters. The largest absolute Gasteiger partial charge is 0.445 e. The minimum Gasteiger partial charge on any atom is -0.445 e. The van der Waals surface area contributed by atoms with Crippen molar-refractivity contribution in [1.29, 1.82) is 0 Å². The molecule has 0 fully saturated rings. The summed E-state index contributed by atoms with van der Waals surface area (Å²) < 4.78 is 19.4. The summed E-state index contributed by atoms with van der Waals surface area (Å²) in [6.45, 7) is 24.5. The number of nitrogens with two attached hydrogens (primary N) is 2. The molecular weight excluding hydrogens is 536 g/mol. The molecular formula is C27H54N6O8. The van der Waals surface area contributed by atoms with Crippen LogP contribution in [0.1, 0.15) is 62.3 Å². The van der Waals surface area contributed by atoms with Crippen LogP contribution in [0.3, 0.4) is 0 Å². The molecule has 0 saturated carbocycles. The van der Waals surface area contributed by atoms with E-state index in [1.165, 1.54) is 12.2 Å². The van der Waals surface area contributed by atoms with Crippen LogP contribution in [0.2, 0.25) is 0 Å². The van der Waals surface area contributed by atoms with Crippen LogP contribution in [0.4, 0.5) is 19.2 Å². The van der Waals surface area contributed by atoms with Crippen molar-refractivity contribution in [3.8, 4) is 0 Å². The predicted molar refractivity (Wildman–Crippen MR) is 159 cm³/mol. The summed E-state index contributed by atoms with van der Waals surface area (Å²) in [7, 11) is 0. The van der Waals surface area contributed by atoms with Gasteiger partial charge in [0, 0.05) is 37.8 Å². The van der Waals surface area contributed by atoms with Gasteiger partial charge in [0.1, 0.15) is 24.4 Å². The number of amides is 4. The molecule has 41 heavy (non-hydrogen) atoms. The van der Waals surface area contributed by atoms with Gasteiger partial charge in [-0.15, -0.1) is 0 Å². The monoisotopic (exact) mass is 590 g/mol.